The summed E-state index contributed by atoms with van der Waals surface area (Å²) in [6.07, 6.45) is 1.13. The summed E-state index contributed by atoms with van der Waals surface area (Å²) in [6.45, 7) is 1.72. The van der Waals surface area contributed by atoms with E-state index in [1.807, 2.05) is 0 Å². The van der Waals surface area contributed by atoms with Crippen LogP contribution < -0.4 is 4.72 Å². The van der Waals surface area contributed by atoms with Gasteiger partial charge in [-0.1, -0.05) is 12.1 Å². The third-order valence-electron chi connectivity index (χ3n) is 2.23. The molecule has 1 N–H and O–H groups in total. The Morgan fingerprint density at radius 1 is 1.06 bits per heavy atom. The van der Waals surface area contributed by atoms with Crippen molar-refractivity contribution in [3.63, 3.8) is 0 Å². The summed E-state index contributed by atoms with van der Waals surface area (Å²) in [5, 5.41) is 0. The third kappa shape index (κ3) is 4.45. The molecule has 5 nitrogen and oxygen atoms in total. The Balaban J connectivity index is 2.77. The average molecular weight is 277 g/mol. The maximum atomic E-state index is 11.2. The van der Waals surface area contributed by atoms with Crippen LogP contribution in [-0.2, 0) is 26.4 Å². The molecule has 1 aromatic rings. The van der Waals surface area contributed by atoms with Crippen LogP contribution in [0.15, 0.2) is 29.2 Å². The molecule has 0 aliphatic rings. The van der Waals surface area contributed by atoms with Gasteiger partial charge in [0.05, 0.1) is 10.6 Å². The standard InChI is InChI=1S/C10H15NO4S2/c1-3-17(14,15)11-8-9-4-6-10(7-5-9)16(2,12)13/h4-7,11H,3,8H2,1-2H3. The molecule has 17 heavy (non-hydrogen) atoms. The highest BCUT2D eigenvalue weighted by molar-refractivity contribution is 7.90. The lowest BCUT2D eigenvalue weighted by atomic mass is 10.2. The van der Waals surface area contributed by atoms with Gasteiger partial charge in [-0.25, -0.2) is 21.6 Å². The monoisotopic (exact) mass is 277 g/mol. The van der Waals surface area contributed by atoms with E-state index in [1.165, 1.54) is 12.1 Å². The molecule has 0 amide bonds. The van der Waals surface area contributed by atoms with Crippen molar-refractivity contribution >= 4 is 19.9 Å². The first-order valence-electron chi connectivity index (χ1n) is 5.01. The molecular weight excluding hydrogens is 262 g/mol. The van der Waals surface area contributed by atoms with Gasteiger partial charge in [-0.05, 0) is 24.6 Å². The van der Waals surface area contributed by atoms with E-state index in [1.54, 1.807) is 19.1 Å². The fraction of sp³-hybridized carbons (Fsp3) is 0.400. The minimum absolute atomic E-state index is 0.0222. The lowest BCUT2D eigenvalue weighted by Gasteiger charge is -2.05. The summed E-state index contributed by atoms with van der Waals surface area (Å²) in [5.74, 6) is 0.0222. The first-order valence-corrected chi connectivity index (χ1v) is 8.55. The highest BCUT2D eigenvalue weighted by atomic mass is 32.2. The van der Waals surface area contributed by atoms with Gasteiger partial charge in [0.1, 0.15) is 0 Å². The van der Waals surface area contributed by atoms with Crippen molar-refractivity contribution in [2.75, 3.05) is 12.0 Å². The van der Waals surface area contributed by atoms with Gasteiger partial charge >= 0.3 is 0 Å². The molecule has 1 rings (SSSR count). The van der Waals surface area contributed by atoms with Gasteiger partial charge in [-0.3, -0.25) is 0 Å². The molecule has 7 heteroatoms. The topological polar surface area (TPSA) is 80.3 Å². The number of sulfonamides is 1. The lowest BCUT2D eigenvalue weighted by molar-refractivity contribution is 0.582. The molecule has 0 heterocycles. The number of sulfone groups is 1. The predicted molar refractivity (Wildman–Crippen MR) is 65.9 cm³/mol. The SMILES string of the molecule is CCS(=O)(=O)NCc1ccc(S(C)(=O)=O)cc1. The Morgan fingerprint density at radius 2 is 1.59 bits per heavy atom. The van der Waals surface area contributed by atoms with Gasteiger partial charge in [-0.15, -0.1) is 0 Å². The van der Waals surface area contributed by atoms with Crippen molar-refractivity contribution in [3.05, 3.63) is 29.8 Å². The van der Waals surface area contributed by atoms with E-state index in [0.29, 0.717) is 0 Å². The third-order valence-corrected chi connectivity index (χ3v) is 4.70. The molecule has 0 aliphatic carbocycles. The van der Waals surface area contributed by atoms with Crippen LogP contribution in [0.1, 0.15) is 12.5 Å². The fourth-order valence-electron chi connectivity index (χ4n) is 1.15. The number of hydrogen-bond acceptors (Lipinski definition) is 4. The summed E-state index contributed by atoms with van der Waals surface area (Å²) >= 11 is 0. The molecule has 0 radical (unpaired) electrons. The number of nitrogens with one attached hydrogen (secondary N) is 1. The Labute approximate surface area is 102 Å². The molecular formula is C10H15NO4S2. The smallest absolute Gasteiger partial charge is 0.211 e. The minimum atomic E-state index is -3.22. The maximum Gasteiger partial charge on any atom is 0.211 e. The molecule has 0 bridgehead atoms. The second kappa shape index (κ2) is 5.16. The van der Waals surface area contributed by atoms with Crippen molar-refractivity contribution < 1.29 is 16.8 Å². The predicted octanol–water partition coefficient (Wildman–Crippen LogP) is 0.529. The van der Waals surface area contributed by atoms with Crippen molar-refractivity contribution in [3.8, 4) is 0 Å². The van der Waals surface area contributed by atoms with E-state index < -0.39 is 19.9 Å². The molecule has 0 unspecified atom stereocenters. The summed E-state index contributed by atoms with van der Waals surface area (Å²) in [7, 11) is -6.43. The van der Waals surface area contributed by atoms with E-state index >= 15 is 0 Å². The molecule has 0 aromatic heterocycles. The highest BCUT2D eigenvalue weighted by Gasteiger charge is 2.08. The summed E-state index contributed by atoms with van der Waals surface area (Å²) in [4.78, 5) is 0.222. The van der Waals surface area contributed by atoms with Crippen LogP contribution in [0.4, 0.5) is 0 Å². The first kappa shape index (κ1) is 14.1. The molecule has 0 aliphatic heterocycles. The highest BCUT2D eigenvalue weighted by Crippen LogP contribution is 2.10. The van der Waals surface area contributed by atoms with Crippen LogP contribution in [0.25, 0.3) is 0 Å². The summed E-state index contributed by atoms with van der Waals surface area (Å²) < 4.78 is 47.2. The maximum absolute atomic E-state index is 11.2. The quantitative estimate of drug-likeness (QED) is 0.851. The second-order valence-electron chi connectivity index (χ2n) is 3.64. The Morgan fingerprint density at radius 3 is 2.00 bits per heavy atom. The molecule has 0 atom stereocenters. The van der Waals surface area contributed by atoms with Gasteiger partial charge in [-0.2, -0.15) is 0 Å². The number of hydrogen-bond donors (Lipinski definition) is 1. The number of benzene rings is 1. The molecule has 0 fully saturated rings. The van der Waals surface area contributed by atoms with Crippen molar-refractivity contribution in [2.24, 2.45) is 0 Å². The van der Waals surface area contributed by atoms with Crippen LogP contribution in [0.2, 0.25) is 0 Å². The van der Waals surface area contributed by atoms with Gasteiger partial charge in [0.25, 0.3) is 0 Å². The van der Waals surface area contributed by atoms with Crippen molar-refractivity contribution in [2.45, 2.75) is 18.4 Å². The summed E-state index contributed by atoms with van der Waals surface area (Å²) in [5.41, 5.74) is 0.717. The van der Waals surface area contributed by atoms with Gasteiger partial charge in [0.2, 0.25) is 10.0 Å². The van der Waals surface area contributed by atoms with Gasteiger partial charge in [0.15, 0.2) is 9.84 Å². The second-order valence-corrected chi connectivity index (χ2v) is 7.75. The molecule has 0 saturated carbocycles. The number of rotatable bonds is 5. The van der Waals surface area contributed by atoms with Crippen LogP contribution >= 0.6 is 0 Å². The van der Waals surface area contributed by atoms with E-state index in [9.17, 15) is 16.8 Å². The Bertz CT molecular complexity index is 573. The van der Waals surface area contributed by atoms with E-state index in [2.05, 4.69) is 4.72 Å². The van der Waals surface area contributed by atoms with E-state index in [4.69, 9.17) is 0 Å². The Hall–Kier alpha value is -0.920. The normalized spacial score (nSPS) is 12.6. The summed E-state index contributed by atoms with van der Waals surface area (Å²) in [6, 6.07) is 6.11. The van der Waals surface area contributed by atoms with Gasteiger partial charge < -0.3 is 0 Å². The van der Waals surface area contributed by atoms with Gasteiger partial charge in [0, 0.05) is 12.8 Å². The largest absolute Gasteiger partial charge is 0.224 e. The molecule has 1 aromatic carbocycles. The minimum Gasteiger partial charge on any atom is -0.224 e. The van der Waals surface area contributed by atoms with Crippen LogP contribution in [0, 0.1) is 0 Å². The fourth-order valence-corrected chi connectivity index (χ4v) is 2.37. The van der Waals surface area contributed by atoms with Crippen LogP contribution in [0.3, 0.4) is 0 Å². The van der Waals surface area contributed by atoms with Crippen LogP contribution in [-0.4, -0.2) is 28.8 Å². The van der Waals surface area contributed by atoms with Crippen LogP contribution in [0.5, 0.6) is 0 Å². The lowest BCUT2D eigenvalue weighted by Crippen LogP contribution is -2.24. The van der Waals surface area contributed by atoms with E-state index in [-0.39, 0.29) is 17.2 Å². The zero-order valence-electron chi connectivity index (χ0n) is 9.67. The first-order chi connectivity index (χ1) is 7.74. The molecule has 0 spiro atoms. The average Bonchev–Trinajstić information content (AvgIpc) is 2.26. The Kier molecular flexibility index (Phi) is 4.29. The zero-order chi connectivity index (χ0) is 13.1. The molecule has 96 valence electrons. The van der Waals surface area contributed by atoms with Crippen molar-refractivity contribution in [1.82, 2.24) is 4.72 Å². The van der Waals surface area contributed by atoms with Crippen molar-refractivity contribution in [1.29, 1.82) is 0 Å². The molecule has 0 saturated heterocycles. The zero-order valence-corrected chi connectivity index (χ0v) is 11.3. The van der Waals surface area contributed by atoms with E-state index in [0.717, 1.165) is 11.8 Å².